The summed E-state index contributed by atoms with van der Waals surface area (Å²) < 4.78 is 0. The molecule has 25 heavy (non-hydrogen) atoms. The average Bonchev–Trinajstić information content (AvgIpc) is 3.16. The minimum absolute atomic E-state index is 0.0249. The Labute approximate surface area is 148 Å². The number of hydrogen-bond acceptors (Lipinski definition) is 2. The highest BCUT2D eigenvalue weighted by atomic mass is 16.2. The Morgan fingerprint density at radius 1 is 0.880 bits per heavy atom. The zero-order valence-corrected chi connectivity index (χ0v) is 14.3. The van der Waals surface area contributed by atoms with Crippen molar-refractivity contribution >= 4 is 23.2 Å². The lowest BCUT2D eigenvalue weighted by Gasteiger charge is -2.12. The van der Waals surface area contributed by atoms with Crippen LogP contribution in [0.4, 0.5) is 11.4 Å². The lowest BCUT2D eigenvalue weighted by molar-refractivity contribution is -0.119. The van der Waals surface area contributed by atoms with Crippen LogP contribution in [0.15, 0.2) is 54.6 Å². The predicted molar refractivity (Wildman–Crippen MR) is 100 cm³/mol. The molecule has 1 aliphatic rings. The Bertz CT molecular complexity index is 722. The van der Waals surface area contributed by atoms with E-state index in [0.29, 0.717) is 18.5 Å². The smallest absolute Gasteiger partial charge is 0.227 e. The fraction of sp³-hybridized carbons (Fsp3) is 0.333. The van der Waals surface area contributed by atoms with E-state index in [9.17, 15) is 9.59 Å². The van der Waals surface area contributed by atoms with Crippen molar-refractivity contribution in [2.45, 2.75) is 38.5 Å². The summed E-state index contributed by atoms with van der Waals surface area (Å²) in [4.78, 5) is 24.3. The first-order valence-corrected chi connectivity index (χ1v) is 8.95. The quantitative estimate of drug-likeness (QED) is 0.822. The maximum atomic E-state index is 12.2. The minimum atomic E-state index is -0.0249. The highest BCUT2D eigenvalue weighted by molar-refractivity contribution is 5.95. The Kier molecular flexibility index (Phi) is 5.83. The molecule has 0 radical (unpaired) electrons. The van der Waals surface area contributed by atoms with Crippen LogP contribution in [0, 0.1) is 5.92 Å². The van der Waals surface area contributed by atoms with Gasteiger partial charge in [-0.25, -0.2) is 0 Å². The Balaban J connectivity index is 1.52. The number of carbonyl (C=O) groups is 2. The monoisotopic (exact) mass is 336 g/mol. The van der Waals surface area contributed by atoms with Gasteiger partial charge in [-0.15, -0.1) is 0 Å². The molecule has 2 aromatic rings. The van der Waals surface area contributed by atoms with Gasteiger partial charge in [0, 0.05) is 23.7 Å². The van der Waals surface area contributed by atoms with Crippen molar-refractivity contribution in [3.05, 3.63) is 60.2 Å². The van der Waals surface area contributed by atoms with Gasteiger partial charge < -0.3 is 10.6 Å². The van der Waals surface area contributed by atoms with Gasteiger partial charge in [-0.2, -0.15) is 0 Å². The minimum Gasteiger partial charge on any atom is -0.326 e. The molecule has 2 N–H and O–H groups in total. The van der Waals surface area contributed by atoms with Gasteiger partial charge in [0.2, 0.25) is 11.8 Å². The summed E-state index contributed by atoms with van der Waals surface area (Å²) in [7, 11) is 0. The van der Waals surface area contributed by atoms with E-state index in [1.807, 2.05) is 54.6 Å². The molecule has 0 saturated heterocycles. The summed E-state index contributed by atoms with van der Waals surface area (Å²) in [6.45, 7) is 0. The first-order chi connectivity index (χ1) is 12.2. The Morgan fingerprint density at radius 2 is 1.56 bits per heavy atom. The van der Waals surface area contributed by atoms with E-state index in [2.05, 4.69) is 10.6 Å². The van der Waals surface area contributed by atoms with Crippen LogP contribution in [0.3, 0.4) is 0 Å². The normalized spacial score (nSPS) is 14.2. The third-order valence-corrected chi connectivity index (χ3v) is 4.62. The number of benzene rings is 2. The van der Waals surface area contributed by atoms with E-state index in [-0.39, 0.29) is 17.7 Å². The first kappa shape index (κ1) is 17.2. The lowest BCUT2D eigenvalue weighted by atomic mass is 10.1. The summed E-state index contributed by atoms with van der Waals surface area (Å²) in [6, 6.07) is 17.3. The second kappa shape index (κ2) is 8.47. The van der Waals surface area contributed by atoms with Crippen molar-refractivity contribution in [3.63, 3.8) is 0 Å². The summed E-state index contributed by atoms with van der Waals surface area (Å²) in [5, 5.41) is 5.87. The van der Waals surface area contributed by atoms with Crippen LogP contribution in [0.25, 0.3) is 0 Å². The molecule has 0 aromatic heterocycles. The standard InChI is InChI=1S/C21H24N2O2/c24-20(14-13-16-7-2-1-3-8-16)22-18-11-6-12-19(15-18)23-21(25)17-9-4-5-10-17/h1-3,6-8,11-12,15,17H,4-5,9-10,13-14H2,(H,22,24)(H,23,25). The third-order valence-electron chi connectivity index (χ3n) is 4.62. The number of aryl methyl sites for hydroxylation is 1. The van der Waals surface area contributed by atoms with Crippen molar-refractivity contribution in [3.8, 4) is 0 Å². The van der Waals surface area contributed by atoms with Crippen LogP contribution in [-0.4, -0.2) is 11.8 Å². The lowest BCUT2D eigenvalue weighted by Crippen LogP contribution is -2.20. The fourth-order valence-electron chi connectivity index (χ4n) is 3.23. The van der Waals surface area contributed by atoms with E-state index in [1.54, 1.807) is 0 Å². The van der Waals surface area contributed by atoms with Crippen LogP contribution in [0.2, 0.25) is 0 Å². The van der Waals surface area contributed by atoms with Crippen LogP contribution in [0.5, 0.6) is 0 Å². The number of amides is 2. The van der Waals surface area contributed by atoms with Crippen molar-refractivity contribution in [2.75, 3.05) is 10.6 Å². The van der Waals surface area contributed by atoms with E-state index in [1.165, 1.54) is 0 Å². The molecule has 1 aliphatic carbocycles. The SMILES string of the molecule is O=C(CCc1ccccc1)Nc1cccc(NC(=O)C2CCCC2)c1. The molecule has 4 nitrogen and oxygen atoms in total. The third kappa shape index (κ3) is 5.18. The fourth-order valence-corrected chi connectivity index (χ4v) is 3.23. The summed E-state index contributed by atoms with van der Waals surface area (Å²) in [5.41, 5.74) is 2.59. The molecular formula is C21H24N2O2. The molecule has 2 aromatic carbocycles. The summed E-state index contributed by atoms with van der Waals surface area (Å²) >= 11 is 0. The van der Waals surface area contributed by atoms with Crippen LogP contribution < -0.4 is 10.6 Å². The van der Waals surface area contributed by atoms with Crippen LogP contribution in [-0.2, 0) is 16.0 Å². The molecule has 3 rings (SSSR count). The maximum Gasteiger partial charge on any atom is 0.227 e. The number of rotatable bonds is 6. The maximum absolute atomic E-state index is 12.2. The number of carbonyl (C=O) groups excluding carboxylic acids is 2. The van der Waals surface area contributed by atoms with Gasteiger partial charge in [0.1, 0.15) is 0 Å². The molecular weight excluding hydrogens is 312 g/mol. The Hall–Kier alpha value is -2.62. The zero-order valence-electron chi connectivity index (χ0n) is 14.3. The van der Waals surface area contributed by atoms with Crippen molar-refractivity contribution < 1.29 is 9.59 Å². The van der Waals surface area contributed by atoms with Gasteiger partial charge in [0.15, 0.2) is 0 Å². The van der Waals surface area contributed by atoms with Crippen LogP contribution >= 0.6 is 0 Å². The van der Waals surface area contributed by atoms with E-state index >= 15 is 0 Å². The van der Waals surface area contributed by atoms with E-state index in [4.69, 9.17) is 0 Å². The van der Waals surface area contributed by atoms with Gasteiger partial charge in [-0.1, -0.05) is 49.2 Å². The number of nitrogens with one attached hydrogen (secondary N) is 2. The topological polar surface area (TPSA) is 58.2 Å². The average molecular weight is 336 g/mol. The summed E-state index contributed by atoms with van der Waals surface area (Å²) in [5.74, 6) is 0.192. The van der Waals surface area contributed by atoms with Gasteiger partial charge >= 0.3 is 0 Å². The molecule has 1 fully saturated rings. The highest BCUT2D eigenvalue weighted by Crippen LogP contribution is 2.26. The molecule has 0 atom stereocenters. The highest BCUT2D eigenvalue weighted by Gasteiger charge is 2.22. The second-order valence-electron chi connectivity index (χ2n) is 6.59. The second-order valence-corrected chi connectivity index (χ2v) is 6.59. The summed E-state index contributed by atoms with van der Waals surface area (Å²) in [6.07, 6.45) is 5.36. The largest absolute Gasteiger partial charge is 0.326 e. The zero-order chi connectivity index (χ0) is 17.5. The van der Waals surface area contributed by atoms with Gasteiger partial charge in [-0.3, -0.25) is 9.59 Å². The van der Waals surface area contributed by atoms with Crippen molar-refractivity contribution in [1.82, 2.24) is 0 Å². The molecule has 0 aliphatic heterocycles. The van der Waals surface area contributed by atoms with Crippen molar-refractivity contribution in [2.24, 2.45) is 5.92 Å². The predicted octanol–water partition coefficient (Wildman–Crippen LogP) is 4.39. The molecule has 2 amide bonds. The molecule has 0 bridgehead atoms. The number of anilines is 2. The molecule has 4 heteroatoms. The molecule has 0 heterocycles. The van der Waals surface area contributed by atoms with Gasteiger partial charge in [0.25, 0.3) is 0 Å². The van der Waals surface area contributed by atoms with Crippen LogP contribution in [0.1, 0.15) is 37.7 Å². The van der Waals surface area contributed by atoms with Crippen molar-refractivity contribution in [1.29, 1.82) is 0 Å². The van der Waals surface area contributed by atoms with E-state index in [0.717, 1.165) is 36.9 Å². The Morgan fingerprint density at radius 3 is 2.28 bits per heavy atom. The van der Waals surface area contributed by atoms with Gasteiger partial charge in [0.05, 0.1) is 0 Å². The van der Waals surface area contributed by atoms with E-state index < -0.39 is 0 Å². The molecule has 0 spiro atoms. The molecule has 130 valence electrons. The molecule has 1 saturated carbocycles. The van der Waals surface area contributed by atoms with Gasteiger partial charge in [-0.05, 0) is 43.0 Å². The molecule has 0 unspecified atom stereocenters. The number of hydrogen-bond donors (Lipinski definition) is 2. The first-order valence-electron chi connectivity index (χ1n) is 8.95.